The fraction of sp³-hybridized carbons (Fsp3) is 1.00. The van der Waals surface area contributed by atoms with E-state index < -0.39 is 10.0 Å². The van der Waals surface area contributed by atoms with Gasteiger partial charge in [0, 0.05) is 39.3 Å². The van der Waals surface area contributed by atoms with Gasteiger partial charge >= 0.3 is 0 Å². The van der Waals surface area contributed by atoms with Crippen LogP contribution in [0, 0.1) is 5.41 Å². The second-order valence-corrected chi connectivity index (χ2v) is 8.45. The number of nitrogens with zero attached hydrogens (tertiary/aromatic N) is 2. The molecule has 0 radical (unpaired) electrons. The summed E-state index contributed by atoms with van der Waals surface area (Å²) in [5.41, 5.74) is 0.403. The molecule has 0 saturated carbocycles. The molecular formula is C14H29N3O2S. The summed E-state index contributed by atoms with van der Waals surface area (Å²) in [5, 5.41) is 3.55. The van der Waals surface area contributed by atoms with Gasteiger partial charge in [-0.15, -0.1) is 0 Å². The van der Waals surface area contributed by atoms with E-state index in [1.54, 1.807) is 4.31 Å². The minimum Gasteiger partial charge on any atom is -0.316 e. The summed E-state index contributed by atoms with van der Waals surface area (Å²) in [4.78, 5) is 2.46. The molecule has 0 bridgehead atoms. The van der Waals surface area contributed by atoms with Gasteiger partial charge in [0.1, 0.15) is 0 Å². The summed E-state index contributed by atoms with van der Waals surface area (Å²) in [6.45, 7) is 8.68. The van der Waals surface area contributed by atoms with E-state index in [4.69, 9.17) is 0 Å². The molecule has 2 rings (SSSR count). The van der Waals surface area contributed by atoms with Crippen LogP contribution in [0.3, 0.4) is 0 Å². The van der Waals surface area contributed by atoms with Crippen molar-refractivity contribution in [2.75, 3.05) is 52.1 Å². The van der Waals surface area contributed by atoms with Crippen molar-refractivity contribution in [2.45, 2.75) is 32.6 Å². The minimum absolute atomic E-state index is 0.403. The van der Waals surface area contributed by atoms with Crippen LogP contribution in [0.4, 0.5) is 0 Å². The highest BCUT2D eigenvalue weighted by molar-refractivity contribution is 7.88. The lowest BCUT2D eigenvalue weighted by Crippen LogP contribution is -2.54. The van der Waals surface area contributed by atoms with E-state index in [9.17, 15) is 8.42 Å². The monoisotopic (exact) mass is 303 g/mol. The third kappa shape index (κ3) is 4.16. The SMILES string of the molecule is CCCC1(CN2CCN(S(C)(=O)=O)CC2)CCCNC1. The van der Waals surface area contributed by atoms with Gasteiger partial charge in [0.15, 0.2) is 0 Å². The van der Waals surface area contributed by atoms with Crippen molar-refractivity contribution in [3.63, 3.8) is 0 Å². The third-order valence-corrected chi connectivity index (χ3v) is 6.00. The molecule has 20 heavy (non-hydrogen) atoms. The summed E-state index contributed by atoms with van der Waals surface area (Å²) < 4.78 is 24.7. The molecule has 6 heteroatoms. The van der Waals surface area contributed by atoms with Gasteiger partial charge in [-0.2, -0.15) is 4.31 Å². The Kier molecular flexibility index (Phi) is 5.45. The summed E-state index contributed by atoms with van der Waals surface area (Å²) in [5.74, 6) is 0. The van der Waals surface area contributed by atoms with Crippen LogP contribution < -0.4 is 5.32 Å². The van der Waals surface area contributed by atoms with Crippen molar-refractivity contribution >= 4 is 10.0 Å². The summed E-state index contributed by atoms with van der Waals surface area (Å²) in [7, 11) is -3.01. The van der Waals surface area contributed by atoms with Crippen LogP contribution in [0.25, 0.3) is 0 Å². The first-order chi connectivity index (χ1) is 9.45. The van der Waals surface area contributed by atoms with E-state index in [-0.39, 0.29) is 0 Å². The fourth-order valence-electron chi connectivity index (χ4n) is 3.68. The largest absolute Gasteiger partial charge is 0.316 e. The maximum Gasteiger partial charge on any atom is 0.211 e. The minimum atomic E-state index is -3.01. The zero-order valence-corrected chi connectivity index (χ0v) is 13.7. The number of piperidine rings is 1. The average molecular weight is 303 g/mol. The molecule has 1 atom stereocenters. The smallest absolute Gasteiger partial charge is 0.211 e. The van der Waals surface area contributed by atoms with Gasteiger partial charge in [0.2, 0.25) is 10.0 Å². The Balaban J connectivity index is 1.89. The van der Waals surface area contributed by atoms with Crippen molar-refractivity contribution in [3.8, 4) is 0 Å². The number of hydrogen-bond acceptors (Lipinski definition) is 4. The second kappa shape index (κ2) is 6.73. The summed E-state index contributed by atoms with van der Waals surface area (Å²) >= 11 is 0. The number of rotatable bonds is 5. The third-order valence-electron chi connectivity index (χ3n) is 4.70. The van der Waals surface area contributed by atoms with E-state index in [0.717, 1.165) is 32.7 Å². The Morgan fingerprint density at radius 1 is 1.20 bits per heavy atom. The average Bonchev–Trinajstić information content (AvgIpc) is 2.39. The zero-order chi connectivity index (χ0) is 14.6. The van der Waals surface area contributed by atoms with Crippen molar-refractivity contribution < 1.29 is 8.42 Å². The van der Waals surface area contributed by atoms with Gasteiger partial charge in [0.25, 0.3) is 0 Å². The first-order valence-electron chi connectivity index (χ1n) is 7.83. The van der Waals surface area contributed by atoms with Crippen LogP contribution in [-0.2, 0) is 10.0 Å². The molecular weight excluding hydrogens is 274 g/mol. The lowest BCUT2D eigenvalue weighted by molar-refractivity contribution is 0.0836. The molecule has 2 aliphatic heterocycles. The number of hydrogen-bond donors (Lipinski definition) is 1. The van der Waals surface area contributed by atoms with Crippen LogP contribution in [0.1, 0.15) is 32.6 Å². The molecule has 0 spiro atoms. The Labute approximate surface area is 123 Å². The Bertz CT molecular complexity index is 391. The molecule has 0 aromatic rings. The lowest BCUT2D eigenvalue weighted by Gasteiger charge is -2.43. The van der Waals surface area contributed by atoms with Gasteiger partial charge in [-0.1, -0.05) is 13.3 Å². The highest BCUT2D eigenvalue weighted by Crippen LogP contribution is 2.32. The molecule has 0 aromatic carbocycles. The van der Waals surface area contributed by atoms with Crippen LogP contribution in [0.15, 0.2) is 0 Å². The Hall–Kier alpha value is -0.170. The van der Waals surface area contributed by atoms with Crippen LogP contribution in [0.2, 0.25) is 0 Å². The Morgan fingerprint density at radius 2 is 1.90 bits per heavy atom. The normalized spacial score (nSPS) is 30.5. The quantitative estimate of drug-likeness (QED) is 0.814. The molecule has 2 aliphatic rings. The summed E-state index contributed by atoms with van der Waals surface area (Å²) in [6, 6.07) is 0. The van der Waals surface area contributed by atoms with E-state index in [1.807, 2.05) is 0 Å². The van der Waals surface area contributed by atoms with E-state index in [2.05, 4.69) is 17.1 Å². The Morgan fingerprint density at radius 3 is 2.40 bits per heavy atom. The molecule has 2 heterocycles. The lowest BCUT2D eigenvalue weighted by atomic mass is 9.76. The molecule has 5 nitrogen and oxygen atoms in total. The second-order valence-electron chi connectivity index (χ2n) is 6.47. The van der Waals surface area contributed by atoms with E-state index >= 15 is 0 Å². The van der Waals surface area contributed by atoms with Crippen molar-refractivity contribution in [1.82, 2.24) is 14.5 Å². The number of piperazine rings is 1. The number of nitrogens with one attached hydrogen (secondary N) is 1. The van der Waals surface area contributed by atoms with Gasteiger partial charge < -0.3 is 10.2 Å². The van der Waals surface area contributed by atoms with E-state index in [0.29, 0.717) is 18.5 Å². The van der Waals surface area contributed by atoms with Crippen LogP contribution in [0.5, 0.6) is 0 Å². The first kappa shape index (κ1) is 16.2. The summed E-state index contributed by atoms with van der Waals surface area (Å²) in [6.07, 6.45) is 6.38. The first-order valence-corrected chi connectivity index (χ1v) is 9.68. The molecule has 0 aromatic heterocycles. The van der Waals surface area contributed by atoms with Gasteiger partial charge in [-0.25, -0.2) is 8.42 Å². The topological polar surface area (TPSA) is 52.7 Å². The van der Waals surface area contributed by atoms with Crippen LogP contribution >= 0.6 is 0 Å². The van der Waals surface area contributed by atoms with Crippen LogP contribution in [-0.4, -0.2) is 69.7 Å². The standard InChI is InChI=1S/C14H29N3O2S/c1-3-5-14(6-4-7-15-12-14)13-16-8-10-17(11-9-16)20(2,18)19/h15H,3-13H2,1-2H3. The number of sulfonamides is 1. The molecule has 2 saturated heterocycles. The molecule has 0 aliphatic carbocycles. The predicted octanol–water partition coefficient (Wildman–Crippen LogP) is 0.734. The molecule has 118 valence electrons. The molecule has 0 amide bonds. The maximum absolute atomic E-state index is 11.5. The molecule has 1 N–H and O–H groups in total. The van der Waals surface area contributed by atoms with Gasteiger partial charge in [-0.05, 0) is 31.2 Å². The molecule has 1 unspecified atom stereocenters. The maximum atomic E-state index is 11.5. The molecule has 2 fully saturated rings. The predicted molar refractivity (Wildman–Crippen MR) is 82.3 cm³/mol. The highest BCUT2D eigenvalue weighted by atomic mass is 32.2. The zero-order valence-electron chi connectivity index (χ0n) is 12.9. The van der Waals surface area contributed by atoms with Crippen molar-refractivity contribution in [2.24, 2.45) is 5.41 Å². The van der Waals surface area contributed by atoms with Gasteiger partial charge in [0.05, 0.1) is 6.26 Å². The van der Waals surface area contributed by atoms with E-state index in [1.165, 1.54) is 31.9 Å². The fourth-order valence-corrected chi connectivity index (χ4v) is 4.51. The highest BCUT2D eigenvalue weighted by Gasteiger charge is 2.34. The van der Waals surface area contributed by atoms with Crippen molar-refractivity contribution in [3.05, 3.63) is 0 Å². The van der Waals surface area contributed by atoms with Gasteiger partial charge in [-0.3, -0.25) is 0 Å². The van der Waals surface area contributed by atoms with Crippen molar-refractivity contribution in [1.29, 1.82) is 0 Å².